The quantitative estimate of drug-likeness (QED) is 0.695. The van der Waals surface area contributed by atoms with Gasteiger partial charge in [0.15, 0.2) is 5.82 Å². The van der Waals surface area contributed by atoms with E-state index in [0.717, 1.165) is 44.0 Å². The van der Waals surface area contributed by atoms with E-state index in [1.165, 1.54) is 23.4 Å². The van der Waals surface area contributed by atoms with Crippen LogP contribution in [0.5, 0.6) is 0 Å². The summed E-state index contributed by atoms with van der Waals surface area (Å²) in [7, 11) is 0. The second-order valence-corrected chi connectivity index (χ2v) is 7.25. The zero-order valence-corrected chi connectivity index (χ0v) is 16.6. The number of benzene rings is 2. The Hall–Kier alpha value is -3.22. The van der Waals surface area contributed by atoms with E-state index in [1.807, 2.05) is 0 Å². The third-order valence-corrected chi connectivity index (χ3v) is 5.13. The molecule has 0 saturated carbocycles. The lowest BCUT2D eigenvalue weighted by molar-refractivity contribution is 0.627. The Labute approximate surface area is 170 Å². The molecule has 0 unspecified atom stereocenters. The third kappa shape index (κ3) is 4.99. The largest absolute Gasteiger partial charge is 0.368 e. The van der Waals surface area contributed by atoms with Crippen LogP contribution in [0.4, 0.5) is 21.8 Å². The van der Waals surface area contributed by atoms with Crippen LogP contribution in [-0.4, -0.2) is 47.9 Å². The van der Waals surface area contributed by atoms with E-state index < -0.39 is 0 Å². The number of rotatable bonds is 6. The minimum Gasteiger partial charge on any atom is -0.368 e. The van der Waals surface area contributed by atoms with Crippen LogP contribution >= 0.6 is 0 Å². The molecule has 0 amide bonds. The fraction of sp³-hybridized carbons (Fsp3) is 0.318. The van der Waals surface area contributed by atoms with Crippen molar-refractivity contribution in [3.63, 3.8) is 0 Å². The summed E-state index contributed by atoms with van der Waals surface area (Å²) in [4.78, 5) is 9.26. The highest BCUT2D eigenvalue weighted by Crippen LogP contribution is 2.20. The summed E-state index contributed by atoms with van der Waals surface area (Å²) in [6, 6.07) is 15.2. The molecule has 150 valence electrons. The van der Waals surface area contributed by atoms with Gasteiger partial charge in [0.1, 0.15) is 5.82 Å². The summed E-state index contributed by atoms with van der Waals surface area (Å²) in [5.41, 5.74) is 3.62. The highest BCUT2D eigenvalue weighted by atomic mass is 19.1. The summed E-state index contributed by atoms with van der Waals surface area (Å²) in [6.07, 6.45) is 2.48. The fourth-order valence-corrected chi connectivity index (χ4v) is 3.51. The van der Waals surface area contributed by atoms with Crippen molar-refractivity contribution in [1.82, 2.24) is 15.2 Å². The Bertz CT molecular complexity index is 938. The van der Waals surface area contributed by atoms with Gasteiger partial charge in [-0.2, -0.15) is 10.1 Å². The molecule has 1 fully saturated rings. The van der Waals surface area contributed by atoms with E-state index in [-0.39, 0.29) is 5.82 Å². The molecule has 1 saturated heterocycles. The summed E-state index contributed by atoms with van der Waals surface area (Å²) in [5, 5.41) is 11.4. The molecule has 1 aromatic heterocycles. The van der Waals surface area contributed by atoms with E-state index in [4.69, 9.17) is 0 Å². The van der Waals surface area contributed by atoms with Gasteiger partial charge in [0, 0.05) is 38.4 Å². The molecule has 2 heterocycles. The van der Waals surface area contributed by atoms with Crippen LogP contribution in [0.3, 0.4) is 0 Å². The summed E-state index contributed by atoms with van der Waals surface area (Å²) >= 11 is 0. The van der Waals surface area contributed by atoms with Gasteiger partial charge >= 0.3 is 0 Å². The summed E-state index contributed by atoms with van der Waals surface area (Å²) in [5.74, 6) is 1.14. The molecule has 0 aliphatic carbocycles. The molecule has 4 rings (SSSR count). The Morgan fingerprint density at radius 3 is 2.52 bits per heavy atom. The van der Waals surface area contributed by atoms with E-state index in [9.17, 15) is 4.39 Å². The van der Waals surface area contributed by atoms with Crippen molar-refractivity contribution in [2.45, 2.75) is 13.3 Å². The average molecular weight is 392 g/mol. The minimum atomic E-state index is -0.218. The van der Waals surface area contributed by atoms with Gasteiger partial charge in [-0.25, -0.2) is 4.39 Å². The number of anilines is 3. The maximum Gasteiger partial charge on any atom is 0.244 e. The molecule has 0 atom stereocenters. The maximum atomic E-state index is 13.0. The molecule has 29 heavy (non-hydrogen) atoms. The van der Waals surface area contributed by atoms with Crippen LogP contribution in [-0.2, 0) is 6.42 Å². The number of aromatic nitrogens is 3. The Morgan fingerprint density at radius 1 is 1.00 bits per heavy atom. The van der Waals surface area contributed by atoms with Crippen molar-refractivity contribution in [3.05, 3.63) is 71.7 Å². The molecule has 7 heteroatoms. The number of hydrogen-bond donors (Lipinski definition) is 1. The van der Waals surface area contributed by atoms with Crippen LogP contribution in [0.25, 0.3) is 0 Å². The average Bonchev–Trinajstić information content (AvgIpc) is 2.76. The SMILES string of the molecule is Cc1cccc(N2CCN(c3cnnc(NCCc4ccc(F)cc4)n3)CC2)c1. The maximum absolute atomic E-state index is 13.0. The van der Waals surface area contributed by atoms with Crippen LogP contribution in [0, 0.1) is 12.7 Å². The van der Waals surface area contributed by atoms with Gasteiger partial charge in [-0.3, -0.25) is 0 Å². The van der Waals surface area contributed by atoms with Gasteiger partial charge in [-0.1, -0.05) is 24.3 Å². The molecule has 0 bridgehead atoms. The number of aryl methyl sites for hydroxylation is 1. The van der Waals surface area contributed by atoms with Crippen molar-refractivity contribution in [2.75, 3.05) is 47.8 Å². The smallest absolute Gasteiger partial charge is 0.244 e. The number of piperazine rings is 1. The van der Waals surface area contributed by atoms with Crippen molar-refractivity contribution in [3.8, 4) is 0 Å². The molecule has 1 aliphatic rings. The topological polar surface area (TPSA) is 57.2 Å². The second kappa shape index (κ2) is 8.86. The first kappa shape index (κ1) is 19.1. The third-order valence-electron chi connectivity index (χ3n) is 5.13. The van der Waals surface area contributed by atoms with E-state index in [0.29, 0.717) is 12.5 Å². The first-order valence-corrected chi connectivity index (χ1v) is 9.92. The van der Waals surface area contributed by atoms with Gasteiger partial charge in [0.2, 0.25) is 5.95 Å². The molecule has 6 nitrogen and oxygen atoms in total. The van der Waals surface area contributed by atoms with E-state index in [1.54, 1.807) is 18.3 Å². The fourth-order valence-electron chi connectivity index (χ4n) is 3.51. The Kier molecular flexibility index (Phi) is 5.84. The zero-order valence-electron chi connectivity index (χ0n) is 16.6. The van der Waals surface area contributed by atoms with E-state index in [2.05, 4.69) is 61.5 Å². The lowest BCUT2D eigenvalue weighted by atomic mass is 10.1. The highest BCUT2D eigenvalue weighted by molar-refractivity contribution is 5.51. The molecule has 2 aromatic carbocycles. The van der Waals surface area contributed by atoms with Crippen molar-refractivity contribution in [1.29, 1.82) is 0 Å². The van der Waals surface area contributed by atoms with Crippen LogP contribution in [0.15, 0.2) is 54.7 Å². The van der Waals surface area contributed by atoms with Crippen LogP contribution < -0.4 is 15.1 Å². The highest BCUT2D eigenvalue weighted by Gasteiger charge is 2.19. The normalized spacial score (nSPS) is 14.1. The number of halogens is 1. The van der Waals surface area contributed by atoms with Gasteiger partial charge in [-0.05, 0) is 48.7 Å². The lowest BCUT2D eigenvalue weighted by Crippen LogP contribution is -2.47. The number of nitrogens with one attached hydrogen (secondary N) is 1. The lowest BCUT2D eigenvalue weighted by Gasteiger charge is -2.36. The minimum absolute atomic E-state index is 0.218. The van der Waals surface area contributed by atoms with Crippen molar-refractivity contribution >= 4 is 17.5 Å². The molecule has 1 N–H and O–H groups in total. The van der Waals surface area contributed by atoms with Crippen molar-refractivity contribution in [2.24, 2.45) is 0 Å². The second-order valence-electron chi connectivity index (χ2n) is 7.25. The molecular weight excluding hydrogens is 367 g/mol. The van der Waals surface area contributed by atoms with Gasteiger partial charge in [-0.15, -0.1) is 5.10 Å². The molecular formula is C22H25FN6. The van der Waals surface area contributed by atoms with E-state index >= 15 is 0 Å². The van der Waals surface area contributed by atoms with Gasteiger partial charge < -0.3 is 15.1 Å². The summed E-state index contributed by atoms with van der Waals surface area (Å²) in [6.45, 7) is 6.46. The molecule has 3 aromatic rings. The first-order chi connectivity index (χ1) is 14.2. The Morgan fingerprint density at radius 2 is 1.76 bits per heavy atom. The molecule has 0 spiro atoms. The Balaban J connectivity index is 1.31. The molecule has 0 radical (unpaired) electrons. The monoisotopic (exact) mass is 392 g/mol. The summed E-state index contributed by atoms with van der Waals surface area (Å²) < 4.78 is 13.0. The zero-order chi connectivity index (χ0) is 20.1. The first-order valence-electron chi connectivity index (χ1n) is 9.92. The standard InChI is InChI=1S/C22H25FN6/c1-17-3-2-4-20(15-17)28-11-13-29(14-12-28)21-16-25-27-22(26-21)24-10-9-18-5-7-19(23)8-6-18/h2-8,15-16H,9-14H2,1H3,(H,24,26,27). The van der Waals surface area contributed by atoms with Crippen LogP contribution in [0.2, 0.25) is 0 Å². The predicted molar refractivity (Wildman–Crippen MR) is 114 cm³/mol. The van der Waals surface area contributed by atoms with Gasteiger partial charge in [0.25, 0.3) is 0 Å². The van der Waals surface area contributed by atoms with Crippen molar-refractivity contribution < 1.29 is 4.39 Å². The number of nitrogens with zero attached hydrogens (tertiary/aromatic N) is 5. The van der Waals surface area contributed by atoms with Gasteiger partial charge in [0.05, 0.1) is 6.20 Å². The number of hydrogen-bond acceptors (Lipinski definition) is 6. The predicted octanol–water partition coefficient (Wildman–Crippen LogP) is 3.30. The van der Waals surface area contributed by atoms with Crippen LogP contribution in [0.1, 0.15) is 11.1 Å². The molecule has 1 aliphatic heterocycles.